The lowest BCUT2D eigenvalue weighted by molar-refractivity contribution is -0.143. The van der Waals surface area contributed by atoms with Crippen LogP contribution in [-0.2, 0) is 40.5 Å². The summed E-state index contributed by atoms with van der Waals surface area (Å²) < 4.78 is 18.3. The summed E-state index contributed by atoms with van der Waals surface area (Å²) >= 11 is 0. The largest absolute Gasteiger partial charge is 0.492 e. The summed E-state index contributed by atoms with van der Waals surface area (Å²) in [4.78, 5) is 96.2. The van der Waals surface area contributed by atoms with Crippen molar-refractivity contribution in [3.63, 3.8) is 0 Å². The molecule has 0 saturated heterocycles. The normalized spacial score (nSPS) is 16.6. The van der Waals surface area contributed by atoms with Gasteiger partial charge in [-0.3, -0.25) is 28.8 Å². The molecule has 4 bridgehead atoms. The Hall–Kier alpha value is -7.51. The maximum Gasteiger partial charge on any atom is 0.255 e. The van der Waals surface area contributed by atoms with E-state index in [2.05, 4.69) is 57.3 Å². The van der Waals surface area contributed by atoms with Crippen LogP contribution in [0.2, 0.25) is 0 Å². The Kier molecular flexibility index (Phi) is 20.6. The number of nitrogens with two attached hydrogens (primary N) is 3. The van der Waals surface area contributed by atoms with Crippen LogP contribution in [0.25, 0.3) is 22.5 Å². The molecule has 21 heteroatoms. The van der Waals surface area contributed by atoms with Crippen molar-refractivity contribution >= 4 is 35.4 Å². The average molecular weight is 1050 g/mol. The van der Waals surface area contributed by atoms with E-state index in [1.807, 2.05) is 30.3 Å². The molecule has 0 radical (unpaired) electrons. The number of fused-ring (bicyclic) bond motifs is 5. The van der Waals surface area contributed by atoms with Gasteiger partial charge in [0.15, 0.2) is 5.82 Å². The molecule has 0 spiro atoms. The molecule has 1 aliphatic rings. The summed E-state index contributed by atoms with van der Waals surface area (Å²) in [7, 11) is 1.37. The number of hydrogen-bond acceptors (Lipinski definition) is 15. The fourth-order valence-corrected chi connectivity index (χ4v) is 8.44. The van der Waals surface area contributed by atoms with Gasteiger partial charge in [0.05, 0.1) is 35.2 Å². The quantitative estimate of drug-likeness (QED) is 0.0626. The Balaban J connectivity index is 1.54. The molecule has 5 rings (SSSR count). The molecule has 1 aliphatic heterocycles. The highest BCUT2D eigenvalue weighted by molar-refractivity contribution is 6.01. The van der Waals surface area contributed by atoms with Gasteiger partial charge in [0.1, 0.15) is 61.5 Å². The van der Waals surface area contributed by atoms with E-state index in [9.17, 15) is 34.0 Å². The number of amides is 6. The highest BCUT2D eigenvalue weighted by Crippen LogP contribution is 2.40. The summed E-state index contributed by atoms with van der Waals surface area (Å²) in [5.41, 5.74) is 21.5. The predicted octanol–water partition coefficient (Wildman–Crippen LogP) is 2.53. The van der Waals surface area contributed by atoms with E-state index >= 15 is 0 Å². The summed E-state index contributed by atoms with van der Waals surface area (Å²) in [6.07, 6.45) is -0.129. The molecule has 6 amide bonds. The van der Waals surface area contributed by atoms with Crippen LogP contribution in [0.4, 0.5) is 0 Å². The number of aryl methyl sites for hydroxylation is 2. The van der Waals surface area contributed by atoms with Crippen LogP contribution in [0.3, 0.4) is 0 Å². The lowest BCUT2D eigenvalue weighted by atomic mass is 9.86. The highest BCUT2D eigenvalue weighted by Gasteiger charge is 2.37. The van der Waals surface area contributed by atoms with Crippen LogP contribution < -0.4 is 53.3 Å². The zero-order valence-corrected chi connectivity index (χ0v) is 45.2. The van der Waals surface area contributed by atoms with Crippen molar-refractivity contribution in [1.29, 1.82) is 5.26 Å². The Morgan fingerprint density at radius 3 is 1.99 bits per heavy atom. The second-order valence-corrected chi connectivity index (χ2v) is 20.6. The molecule has 0 saturated carbocycles. The first-order valence-corrected chi connectivity index (χ1v) is 25.3. The number of aromatic nitrogens is 2. The van der Waals surface area contributed by atoms with E-state index in [0.29, 0.717) is 45.4 Å². The summed E-state index contributed by atoms with van der Waals surface area (Å²) in [6, 6.07) is 13.1. The van der Waals surface area contributed by atoms with Crippen molar-refractivity contribution in [2.75, 3.05) is 53.0 Å². The number of likely N-dealkylation sites (N-methyl/N-ethyl adjacent to an activating group) is 1. The maximum absolute atomic E-state index is 15.0. The molecule has 0 fully saturated rings. The molecular formula is C55H74N12O9. The van der Waals surface area contributed by atoms with Crippen molar-refractivity contribution in [2.24, 2.45) is 17.2 Å². The van der Waals surface area contributed by atoms with Gasteiger partial charge in [0.25, 0.3) is 5.91 Å². The van der Waals surface area contributed by atoms with Crippen LogP contribution in [0, 0.1) is 25.2 Å². The number of ether oxygens (including phenoxy) is 3. The molecule has 0 unspecified atom stereocenters. The number of nitriles is 1. The number of carbonyl (C=O) groups is 6. The molecule has 2 heterocycles. The predicted molar refractivity (Wildman–Crippen MR) is 287 cm³/mol. The van der Waals surface area contributed by atoms with Gasteiger partial charge >= 0.3 is 0 Å². The first-order valence-electron chi connectivity index (χ1n) is 25.3. The van der Waals surface area contributed by atoms with Gasteiger partial charge in [-0.15, -0.1) is 0 Å². The minimum atomic E-state index is -1.48. The van der Waals surface area contributed by atoms with Crippen molar-refractivity contribution in [3.8, 4) is 40.1 Å². The zero-order valence-electron chi connectivity index (χ0n) is 45.2. The Morgan fingerprint density at radius 2 is 1.42 bits per heavy atom. The van der Waals surface area contributed by atoms with Crippen molar-refractivity contribution in [3.05, 3.63) is 94.3 Å². The number of carbonyl (C=O) groups excluding carboxylic acids is 6. The van der Waals surface area contributed by atoms with Gasteiger partial charge < -0.3 is 62.9 Å². The molecule has 0 aliphatic carbocycles. The lowest BCUT2D eigenvalue weighted by Gasteiger charge is -2.33. The maximum atomic E-state index is 15.0. The smallest absolute Gasteiger partial charge is 0.255 e. The third-order valence-electron chi connectivity index (χ3n) is 12.4. The number of benzene rings is 3. The lowest BCUT2D eigenvalue weighted by Crippen LogP contribution is -2.58. The molecular weight excluding hydrogens is 973 g/mol. The minimum Gasteiger partial charge on any atom is -0.492 e. The molecule has 4 aromatic rings. The highest BCUT2D eigenvalue weighted by atomic mass is 16.5. The van der Waals surface area contributed by atoms with Gasteiger partial charge in [-0.2, -0.15) is 5.26 Å². The van der Waals surface area contributed by atoms with E-state index in [0.717, 1.165) is 16.0 Å². The van der Waals surface area contributed by atoms with E-state index in [1.165, 1.54) is 14.0 Å². The number of hydrogen-bond donors (Lipinski definition) is 8. The summed E-state index contributed by atoms with van der Waals surface area (Å²) in [6.45, 7) is 16.3. The van der Waals surface area contributed by atoms with E-state index < -0.39 is 71.3 Å². The van der Waals surface area contributed by atoms with Crippen LogP contribution in [0.5, 0.6) is 11.5 Å². The summed E-state index contributed by atoms with van der Waals surface area (Å²) in [5.74, 6) is -3.24. The van der Waals surface area contributed by atoms with Crippen molar-refractivity contribution < 1.29 is 43.0 Å². The third-order valence-corrected chi connectivity index (χ3v) is 12.4. The second-order valence-electron chi connectivity index (χ2n) is 20.6. The van der Waals surface area contributed by atoms with Crippen LogP contribution in [0.1, 0.15) is 99.4 Å². The first kappa shape index (κ1) is 59.4. The molecule has 1 aromatic heterocycles. The zero-order chi connectivity index (χ0) is 56.1. The molecule has 3 aromatic carbocycles. The van der Waals surface area contributed by atoms with Crippen molar-refractivity contribution in [2.45, 2.75) is 116 Å². The van der Waals surface area contributed by atoms with Gasteiger partial charge in [0, 0.05) is 43.2 Å². The SMILES string of the molecule is Cc1nc(-c2ccc(C(C)(C)C)cc2)nc(C)c1C(=O)N[C@@H](COC(C)(C)C)C(=O)N[C@@H](CCN)C(=O)N(C)[C@@H]1C(=O)N[C@@H](C)C(=O)N[C@H](C(=O)NCC#N)Cc2ccc(OCCN)c(c2)-c2cc1ccc2OCCN. The Morgan fingerprint density at radius 1 is 0.816 bits per heavy atom. The first-order chi connectivity index (χ1) is 35.9. The van der Waals surface area contributed by atoms with Gasteiger partial charge in [-0.1, -0.05) is 57.2 Å². The fourth-order valence-electron chi connectivity index (χ4n) is 8.44. The van der Waals surface area contributed by atoms with Gasteiger partial charge in [-0.25, -0.2) is 9.97 Å². The standard InChI is InChI=1S/C55H74N12O9/c1-31-45(32(2)62-47(61-31)35-12-15-37(16-13-35)54(4,5)6)51(71)66-42(30-76-55(7,8)9)50(70)64-40(19-20-56)53(73)67(10)46-36-14-18-44(75-26-23-59)39(29-36)38-27-34(11-17-43(38)74-25-22-58)28-41(49(69)60-24-21-57)65-48(68)33(3)63-52(46)72/h11-18,27,29,33,40-42,46H,19-20,22-26,28,30,56,58-59H2,1-10H3,(H,60,69)(H,63,72)(H,64,70)(H,65,68)(H,66,71)/t33-,40-,41-,42-,46-/m0/s1. The number of rotatable bonds is 19. The monoisotopic (exact) mass is 1050 g/mol. The number of nitrogens with one attached hydrogen (secondary N) is 5. The summed E-state index contributed by atoms with van der Waals surface area (Å²) in [5, 5.41) is 22.7. The van der Waals surface area contributed by atoms with Gasteiger partial charge in [0.2, 0.25) is 29.5 Å². The minimum absolute atomic E-state index is 0.0260. The molecule has 5 atom stereocenters. The van der Waals surface area contributed by atoms with Crippen LogP contribution in [0.15, 0.2) is 60.7 Å². The van der Waals surface area contributed by atoms with E-state index in [1.54, 1.807) is 71.0 Å². The molecule has 408 valence electrons. The van der Waals surface area contributed by atoms with E-state index in [-0.39, 0.29) is 75.4 Å². The molecule has 76 heavy (non-hydrogen) atoms. The van der Waals surface area contributed by atoms with Crippen LogP contribution in [-0.4, -0.2) is 133 Å². The van der Waals surface area contributed by atoms with Gasteiger partial charge in [-0.05, 0) is 101 Å². The molecule has 11 N–H and O–H groups in total. The average Bonchev–Trinajstić information content (AvgIpc) is 3.36. The van der Waals surface area contributed by atoms with E-state index in [4.69, 9.17) is 31.4 Å². The van der Waals surface area contributed by atoms with Crippen LogP contribution >= 0.6 is 0 Å². The number of nitrogens with zero attached hydrogens (tertiary/aromatic N) is 4. The molecule has 21 nitrogen and oxygen atoms in total. The Labute approximate surface area is 444 Å². The topological polar surface area (TPSA) is 321 Å². The third kappa shape index (κ3) is 15.5. The fraction of sp³-hybridized carbons (Fsp3) is 0.473. The van der Waals surface area contributed by atoms with Crippen molar-refractivity contribution in [1.82, 2.24) is 41.5 Å². The second kappa shape index (κ2) is 26.3. The Bertz CT molecular complexity index is 2760.